The van der Waals surface area contributed by atoms with Crippen molar-refractivity contribution in [3.8, 4) is 12.1 Å². The summed E-state index contributed by atoms with van der Waals surface area (Å²) in [5.74, 6) is 0. The van der Waals surface area contributed by atoms with Crippen LogP contribution in [-0.4, -0.2) is 26.0 Å². The van der Waals surface area contributed by atoms with Crippen molar-refractivity contribution in [2.24, 2.45) is 0 Å². The van der Waals surface area contributed by atoms with Crippen molar-refractivity contribution < 1.29 is 0 Å². The highest BCUT2D eigenvalue weighted by Crippen LogP contribution is 1.95. The summed E-state index contributed by atoms with van der Waals surface area (Å²) in [5, 5.41) is 16.1. The van der Waals surface area contributed by atoms with Crippen molar-refractivity contribution in [3.05, 3.63) is 0 Å². The maximum absolute atomic E-state index is 8.03. The van der Waals surface area contributed by atoms with Gasteiger partial charge in [-0.15, -0.1) is 0 Å². The molecule has 0 bridgehead atoms. The summed E-state index contributed by atoms with van der Waals surface area (Å²) < 4.78 is 0. The van der Waals surface area contributed by atoms with Gasteiger partial charge >= 0.3 is 0 Å². The molecule has 0 atom stereocenters. The lowest BCUT2D eigenvalue weighted by atomic mass is 10.2. The molecule has 0 aliphatic heterocycles. The Labute approximate surface area is 75.2 Å². The third-order valence-electron chi connectivity index (χ3n) is 0.827. The standard InChI is InChI=1S/C6H8N2.C3H9N/c7-5-3-1-2-4-6-8;1-4(2)3/h1-4H2;1-3H3. The van der Waals surface area contributed by atoms with E-state index in [4.69, 9.17) is 10.5 Å². The van der Waals surface area contributed by atoms with Gasteiger partial charge in [0.15, 0.2) is 0 Å². The summed E-state index contributed by atoms with van der Waals surface area (Å²) in [4.78, 5) is 2.00. The topological polar surface area (TPSA) is 50.8 Å². The predicted octanol–water partition coefficient (Wildman–Crippen LogP) is 1.77. The van der Waals surface area contributed by atoms with Gasteiger partial charge in [0.05, 0.1) is 12.1 Å². The summed E-state index contributed by atoms with van der Waals surface area (Å²) >= 11 is 0. The van der Waals surface area contributed by atoms with E-state index in [1.807, 2.05) is 38.2 Å². The second-order valence-electron chi connectivity index (χ2n) is 2.86. The number of nitriles is 2. The van der Waals surface area contributed by atoms with Crippen LogP contribution < -0.4 is 0 Å². The molecule has 3 heteroatoms. The molecule has 0 saturated heterocycles. The van der Waals surface area contributed by atoms with Gasteiger partial charge in [0, 0.05) is 12.8 Å². The Morgan fingerprint density at radius 1 is 0.917 bits per heavy atom. The number of rotatable bonds is 3. The Morgan fingerprint density at radius 2 is 1.17 bits per heavy atom. The molecule has 12 heavy (non-hydrogen) atoms. The Balaban J connectivity index is 0. The smallest absolute Gasteiger partial charge is 0.0621 e. The molecule has 0 rings (SSSR count). The third-order valence-corrected chi connectivity index (χ3v) is 0.827. The monoisotopic (exact) mass is 167 g/mol. The van der Waals surface area contributed by atoms with Gasteiger partial charge in [-0.05, 0) is 34.0 Å². The molecule has 68 valence electrons. The highest BCUT2D eigenvalue weighted by atomic mass is 15.0. The maximum atomic E-state index is 8.03. The lowest BCUT2D eigenvalue weighted by Crippen LogP contribution is -1.99. The fraction of sp³-hybridized carbons (Fsp3) is 0.778. The van der Waals surface area contributed by atoms with Gasteiger partial charge in [-0.25, -0.2) is 0 Å². The second kappa shape index (κ2) is 12.6. The van der Waals surface area contributed by atoms with Crippen LogP contribution in [0.4, 0.5) is 0 Å². The van der Waals surface area contributed by atoms with Crippen molar-refractivity contribution in [3.63, 3.8) is 0 Å². The van der Waals surface area contributed by atoms with E-state index in [1.165, 1.54) is 0 Å². The minimum absolute atomic E-state index is 0.585. The number of nitrogens with zero attached hydrogens (tertiary/aromatic N) is 3. The van der Waals surface area contributed by atoms with E-state index in [0.717, 1.165) is 12.8 Å². The first kappa shape index (κ1) is 13.5. The van der Waals surface area contributed by atoms with Gasteiger partial charge in [0.2, 0.25) is 0 Å². The minimum Gasteiger partial charge on any atom is -0.312 e. The molecule has 0 radical (unpaired) electrons. The highest BCUT2D eigenvalue weighted by Gasteiger charge is 1.83. The van der Waals surface area contributed by atoms with E-state index < -0.39 is 0 Å². The Bertz CT molecular complexity index is 131. The van der Waals surface area contributed by atoms with E-state index >= 15 is 0 Å². The van der Waals surface area contributed by atoms with Crippen molar-refractivity contribution >= 4 is 0 Å². The Hall–Kier alpha value is -1.06. The fourth-order valence-electron chi connectivity index (χ4n) is 0.408. The molecule has 0 saturated carbocycles. The summed E-state index contributed by atoms with van der Waals surface area (Å²) in [6.07, 6.45) is 2.90. The van der Waals surface area contributed by atoms with Gasteiger partial charge in [0.1, 0.15) is 0 Å². The van der Waals surface area contributed by atoms with Crippen molar-refractivity contribution in [1.82, 2.24) is 4.90 Å². The van der Waals surface area contributed by atoms with E-state index in [-0.39, 0.29) is 0 Å². The molecule has 0 aromatic carbocycles. The zero-order chi connectivity index (χ0) is 9.82. The summed E-state index contributed by atoms with van der Waals surface area (Å²) in [6.45, 7) is 0. The van der Waals surface area contributed by atoms with Crippen LogP contribution in [0.15, 0.2) is 0 Å². The number of unbranched alkanes of at least 4 members (excludes halogenated alkanes) is 3. The quantitative estimate of drug-likeness (QED) is 0.602. The van der Waals surface area contributed by atoms with Crippen LogP contribution in [0.1, 0.15) is 25.7 Å². The number of hydrogen-bond donors (Lipinski definition) is 0. The molecule has 0 aromatic heterocycles. The van der Waals surface area contributed by atoms with E-state index in [0.29, 0.717) is 12.8 Å². The van der Waals surface area contributed by atoms with Crippen LogP contribution in [0.25, 0.3) is 0 Å². The van der Waals surface area contributed by atoms with Crippen molar-refractivity contribution in [2.45, 2.75) is 25.7 Å². The molecule has 0 aromatic rings. The molecule has 0 unspecified atom stereocenters. The molecule has 0 aliphatic carbocycles. The average Bonchev–Trinajstić information content (AvgIpc) is 1.97. The molecular formula is C9H17N3. The minimum atomic E-state index is 0.585. The molecule has 0 fully saturated rings. The molecule has 0 heterocycles. The predicted molar refractivity (Wildman–Crippen MR) is 49.3 cm³/mol. The first-order valence-electron chi connectivity index (χ1n) is 4.00. The molecule has 3 nitrogen and oxygen atoms in total. The first-order valence-corrected chi connectivity index (χ1v) is 4.00. The SMILES string of the molecule is CN(C)C.N#CCCCCC#N. The molecule has 0 aliphatic rings. The van der Waals surface area contributed by atoms with Crippen LogP contribution >= 0.6 is 0 Å². The first-order chi connectivity index (χ1) is 5.65. The van der Waals surface area contributed by atoms with E-state index in [9.17, 15) is 0 Å². The maximum Gasteiger partial charge on any atom is 0.0621 e. The van der Waals surface area contributed by atoms with Gasteiger partial charge in [-0.3, -0.25) is 0 Å². The Kier molecular flexibility index (Phi) is 14.2. The second-order valence-corrected chi connectivity index (χ2v) is 2.86. The lowest BCUT2D eigenvalue weighted by Gasteiger charge is -1.90. The van der Waals surface area contributed by atoms with Gasteiger partial charge in [-0.2, -0.15) is 10.5 Å². The fourth-order valence-corrected chi connectivity index (χ4v) is 0.408. The normalized spacial score (nSPS) is 7.83. The van der Waals surface area contributed by atoms with Crippen LogP contribution in [0.5, 0.6) is 0 Å². The summed E-state index contributed by atoms with van der Waals surface area (Å²) in [7, 11) is 6.00. The third kappa shape index (κ3) is 36.3. The summed E-state index contributed by atoms with van der Waals surface area (Å²) in [6, 6.07) is 4.03. The van der Waals surface area contributed by atoms with Crippen molar-refractivity contribution in [2.75, 3.05) is 21.1 Å². The van der Waals surface area contributed by atoms with Crippen LogP contribution in [0, 0.1) is 22.7 Å². The zero-order valence-corrected chi connectivity index (χ0v) is 8.17. The van der Waals surface area contributed by atoms with Crippen LogP contribution in [0.2, 0.25) is 0 Å². The van der Waals surface area contributed by atoms with Gasteiger partial charge in [0.25, 0.3) is 0 Å². The zero-order valence-electron chi connectivity index (χ0n) is 8.17. The molecule has 0 amide bonds. The van der Waals surface area contributed by atoms with E-state index in [2.05, 4.69) is 0 Å². The van der Waals surface area contributed by atoms with Gasteiger partial charge in [-0.1, -0.05) is 0 Å². The van der Waals surface area contributed by atoms with Crippen LogP contribution in [0.3, 0.4) is 0 Å². The van der Waals surface area contributed by atoms with Gasteiger partial charge < -0.3 is 4.90 Å². The van der Waals surface area contributed by atoms with E-state index in [1.54, 1.807) is 0 Å². The average molecular weight is 167 g/mol. The lowest BCUT2D eigenvalue weighted by molar-refractivity contribution is 0.505. The number of hydrogen-bond acceptors (Lipinski definition) is 3. The molecular weight excluding hydrogens is 150 g/mol. The summed E-state index contributed by atoms with van der Waals surface area (Å²) in [5.41, 5.74) is 0. The highest BCUT2D eigenvalue weighted by molar-refractivity contribution is 4.72. The van der Waals surface area contributed by atoms with Crippen LogP contribution in [-0.2, 0) is 0 Å². The van der Waals surface area contributed by atoms with Crippen molar-refractivity contribution in [1.29, 1.82) is 10.5 Å². The molecule has 0 spiro atoms. The largest absolute Gasteiger partial charge is 0.312 e. The Morgan fingerprint density at radius 3 is 1.33 bits per heavy atom. The molecule has 0 N–H and O–H groups in total.